The topological polar surface area (TPSA) is 34.4 Å². The predicted octanol–water partition coefficient (Wildman–Crippen LogP) is 5.69. The lowest BCUT2D eigenvalue weighted by molar-refractivity contribution is 0.0998. The highest BCUT2D eigenvalue weighted by Crippen LogP contribution is 2.23. The van der Waals surface area contributed by atoms with Gasteiger partial charge in [0.05, 0.1) is 10.2 Å². The van der Waals surface area contributed by atoms with Crippen molar-refractivity contribution in [3.63, 3.8) is 0 Å². The average Bonchev–Trinajstić information content (AvgIpc) is 2.91. The number of thiazole rings is 1. The van der Waals surface area contributed by atoms with Gasteiger partial charge >= 0.3 is 0 Å². The molecule has 5 heteroatoms. The van der Waals surface area contributed by atoms with Crippen LogP contribution >= 0.6 is 27.3 Å². The quantitative estimate of drug-likeness (QED) is 0.493. The lowest BCUT2D eigenvalue weighted by Crippen LogP contribution is -2.16. The first kappa shape index (κ1) is 18.8. The van der Waals surface area contributed by atoms with Gasteiger partial charge < -0.3 is 4.57 Å². The van der Waals surface area contributed by atoms with Gasteiger partial charge in [-0.3, -0.25) is 4.79 Å². The SMILES string of the molecule is C=CCn1c(=NC(=O)c2ccc(C(C)(C)C)cc2)sc2cc(Br)ccc21. The van der Waals surface area contributed by atoms with Gasteiger partial charge in [0, 0.05) is 16.6 Å². The number of carbonyl (C=O) groups is 1. The van der Waals surface area contributed by atoms with Gasteiger partial charge in [-0.2, -0.15) is 4.99 Å². The van der Waals surface area contributed by atoms with E-state index in [9.17, 15) is 4.79 Å². The van der Waals surface area contributed by atoms with Crippen molar-refractivity contribution in [2.75, 3.05) is 0 Å². The molecule has 0 saturated carbocycles. The highest BCUT2D eigenvalue weighted by Gasteiger charge is 2.14. The standard InChI is InChI=1S/C21H21BrN2OS/c1-5-12-24-17-11-10-16(22)13-18(17)26-20(24)23-19(25)14-6-8-15(9-7-14)21(2,3)4/h5-11,13H,1,12H2,2-4H3. The molecule has 0 N–H and O–H groups in total. The molecule has 0 aliphatic rings. The van der Waals surface area contributed by atoms with Crippen LogP contribution in [0, 0.1) is 0 Å². The molecule has 3 nitrogen and oxygen atoms in total. The smallest absolute Gasteiger partial charge is 0.279 e. The summed E-state index contributed by atoms with van der Waals surface area (Å²) in [6, 6.07) is 13.8. The molecule has 0 atom stereocenters. The Kier molecular flexibility index (Phi) is 5.30. The van der Waals surface area contributed by atoms with E-state index in [4.69, 9.17) is 0 Å². The van der Waals surface area contributed by atoms with Crippen LogP contribution in [0.4, 0.5) is 0 Å². The summed E-state index contributed by atoms with van der Waals surface area (Å²) < 4.78 is 4.10. The van der Waals surface area contributed by atoms with E-state index in [1.165, 1.54) is 16.9 Å². The second-order valence-electron chi connectivity index (χ2n) is 7.14. The Bertz CT molecular complexity index is 1040. The maximum atomic E-state index is 12.7. The molecular weight excluding hydrogens is 408 g/mol. The van der Waals surface area contributed by atoms with Crippen molar-refractivity contribution >= 4 is 43.4 Å². The number of fused-ring (bicyclic) bond motifs is 1. The van der Waals surface area contributed by atoms with Crippen molar-refractivity contribution < 1.29 is 4.79 Å². The molecule has 0 saturated heterocycles. The number of allylic oxidation sites excluding steroid dienone is 1. The minimum absolute atomic E-state index is 0.0601. The molecule has 2 aromatic carbocycles. The van der Waals surface area contributed by atoms with Crippen LogP contribution in [0.5, 0.6) is 0 Å². The van der Waals surface area contributed by atoms with E-state index in [0.29, 0.717) is 16.9 Å². The van der Waals surface area contributed by atoms with Crippen molar-refractivity contribution in [1.82, 2.24) is 4.57 Å². The van der Waals surface area contributed by atoms with Crippen molar-refractivity contribution in [2.45, 2.75) is 32.7 Å². The summed E-state index contributed by atoms with van der Waals surface area (Å²) in [7, 11) is 0. The summed E-state index contributed by atoms with van der Waals surface area (Å²) in [5, 5.41) is 0. The van der Waals surface area contributed by atoms with Crippen LogP contribution in [0.25, 0.3) is 10.2 Å². The van der Waals surface area contributed by atoms with Gasteiger partial charge in [0.1, 0.15) is 0 Å². The Morgan fingerprint density at radius 3 is 2.54 bits per heavy atom. The number of hydrogen-bond donors (Lipinski definition) is 0. The van der Waals surface area contributed by atoms with Gasteiger partial charge in [-0.1, -0.05) is 66.2 Å². The van der Waals surface area contributed by atoms with Crippen molar-refractivity contribution in [3.05, 3.63) is 75.5 Å². The third-order valence-corrected chi connectivity index (χ3v) is 5.69. The van der Waals surface area contributed by atoms with Crippen molar-refractivity contribution in [2.24, 2.45) is 4.99 Å². The van der Waals surface area contributed by atoms with Crippen LogP contribution in [-0.4, -0.2) is 10.5 Å². The Morgan fingerprint density at radius 2 is 1.92 bits per heavy atom. The van der Waals surface area contributed by atoms with Crippen LogP contribution in [0.1, 0.15) is 36.7 Å². The summed E-state index contributed by atoms with van der Waals surface area (Å²) in [4.78, 5) is 17.7. The monoisotopic (exact) mass is 428 g/mol. The fourth-order valence-corrected chi connectivity index (χ4v) is 4.29. The third kappa shape index (κ3) is 3.89. The molecule has 3 aromatic rings. The van der Waals surface area contributed by atoms with E-state index in [1.54, 1.807) is 0 Å². The van der Waals surface area contributed by atoms with E-state index in [-0.39, 0.29) is 11.3 Å². The van der Waals surface area contributed by atoms with Crippen molar-refractivity contribution in [1.29, 1.82) is 0 Å². The minimum Gasteiger partial charge on any atom is -0.312 e. The molecule has 0 spiro atoms. The highest BCUT2D eigenvalue weighted by atomic mass is 79.9. The number of amides is 1. The Labute approximate surface area is 165 Å². The van der Waals surface area contributed by atoms with Gasteiger partial charge in [-0.25, -0.2) is 0 Å². The van der Waals surface area contributed by atoms with Crippen LogP contribution < -0.4 is 4.80 Å². The van der Waals surface area contributed by atoms with E-state index < -0.39 is 0 Å². The first-order valence-electron chi connectivity index (χ1n) is 8.39. The third-order valence-electron chi connectivity index (χ3n) is 4.15. The maximum Gasteiger partial charge on any atom is 0.279 e. The number of rotatable bonds is 3. The molecule has 0 bridgehead atoms. The summed E-state index contributed by atoms with van der Waals surface area (Å²) in [5.41, 5.74) is 2.90. The molecule has 3 rings (SSSR count). The zero-order chi connectivity index (χ0) is 18.9. The predicted molar refractivity (Wildman–Crippen MR) is 113 cm³/mol. The van der Waals surface area contributed by atoms with Crippen LogP contribution in [0.15, 0.2) is 64.6 Å². The molecule has 1 amide bonds. The molecule has 134 valence electrons. The largest absolute Gasteiger partial charge is 0.312 e. The molecule has 0 aliphatic heterocycles. The number of aromatic nitrogens is 1. The molecular formula is C21H21BrN2OS. The Balaban J connectivity index is 2.04. The molecule has 0 fully saturated rings. The Morgan fingerprint density at radius 1 is 1.23 bits per heavy atom. The number of benzene rings is 2. The summed E-state index contributed by atoms with van der Waals surface area (Å²) in [6.07, 6.45) is 1.82. The molecule has 26 heavy (non-hydrogen) atoms. The fraction of sp³-hybridized carbons (Fsp3) is 0.238. The van der Waals surface area contributed by atoms with Gasteiger partial charge in [0.25, 0.3) is 5.91 Å². The van der Waals surface area contributed by atoms with E-state index in [0.717, 1.165) is 14.7 Å². The summed E-state index contributed by atoms with van der Waals surface area (Å²) >= 11 is 5.00. The van der Waals surface area contributed by atoms with E-state index in [1.807, 2.05) is 53.1 Å². The van der Waals surface area contributed by atoms with E-state index >= 15 is 0 Å². The molecule has 1 aromatic heterocycles. The average molecular weight is 429 g/mol. The zero-order valence-electron chi connectivity index (χ0n) is 15.1. The lowest BCUT2D eigenvalue weighted by Gasteiger charge is -2.18. The van der Waals surface area contributed by atoms with Gasteiger partial charge in [-0.15, -0.1) is 6.58 Å². The van der Waals surface area contributed by atoms with Crippen LogP contribution in [0.3, 0.4) is 0 Å². The summed E-state index contributed by atoms with van der Waals surface area (Å²) in [6.45, 7) is 10.9. The number of nitrogens with zero attached hydrogens (tertiary/aromatic N) is 2. The van der Waals surface area contributed by atoms with Gasteiger partial charge in [-0.05, 0) is 41.3 Å². The first-order valence-corrected chi connectivity index (χ1v) is 10.00. The minimum atomic E-state index is -0.228. The molecule has 0 aliphatic carbocycles. The number of halogens is 1. The molecule has 1 heterocycles. The second kappa shape index (κ2) is 7.33. The second-order valence-corrected chi connectivity index (χ2v) is 9.07. The summed E-state index contributed by atoms with van der Waals surface area (Å²) in [5.74, 6) is -0.228. The number of hydrogen-bond acceptors (Lipinski definition) is 2. The van der Waals surface area contributed by atoms with Crippen LogP contribution in [-0.2, 0) is 12.0 Å². The fourth-order valence-electron chi connectivity index (χ4n) is 2.70. The highest BCUT2D eigenvalue weighted by molar-refractivity contribution is 9.10. The maximum absolute atomic E-state index is 12.7. The van der Waals surface area contributed by atoms with Crippen LogP contribution in [0.2, 0.25) is 0 Å². The molecule has 0 radical (unpaired) electrons. The Hall–Kier alpha value is -1.98. The lowest BCUT2D eigenvalue weighted by atomic mass is 9.87. The number of carbonyl (C=O) groups excluding carboxylic acids is 1. The normalized spacial score (nSPS) is 12.5. The first-order chi connectivity index (χ1) is 12.3. The van der Waals surface area contributed by atoms with E-state index in [2.05, 4.69) is 48.3 Å². The van der Waals surface area contributed by atoms with Crippen molar-refractivity contribution in [3.8, 4) is 0 Å². The molecule has 0 unspecified atom stereocenters. The van der Waals surface area contributed by atoms with Gasteiger partial charge in [0.2, 0.25) is 0 Å². The van der Waals surface area contributed by atoms with Gasteiger partial charge in [0.15, 0.2) is 4.80 Å². The zero-order valence-corrected chi connectivity index (χ0v) is 17.5.